The van der Waals surface area contributed by atoms with Gasteiger partial charge in [0.05, 0.1) is 6.54 Å². The summed E-state index contributed by atoms with van der Waals surface area (Å²) in [5, 5.41) is 2.99. The third-order valence-corrected chi connectivity index (χ3v) is 4.63. The quantitative estimate of drug-likeness (QED) is 0.842. The van der Waals surface area contributed by atoms with Crippen LogP contribution >= 0.6 is 0 Å². The third-order valence-electron chi connectivity index (χ3n) is 4.63. The second-order valence-electron chi connectivity index (χ2n) is 6.72. The number of amides is 1. The molecule has 132 valence electrons. The zero-order valence-corrected chi connectivity index (χ0v) is 15.0. The Morgan fingerprint density at radius 1 is 1.08 bits per heavy atom. The molecule has 1 saturated heterocycles. The number of nitrogens with zero attached hydrogens (tertiary/aromatic N) is 2. The Kier molecular flexibility index (Phi) is 5.24. The Morgan fingerprint density at radius 2 is 1.84 bits per heavy atom. The van der Waals surface area contributed by atoms with Crippen molar-refractivity contribution >= 4 is 23.0 Å². The number of hydrogen-bond acceptors (Lipinski definition) is 4. The monoisotopic (exact) mass is 338 g/mol. The first kappa shape index (κ1) is 17.3. The Bertz CT molecular complexity index is 751. The molecule has 2 aromatic carbocycles. The predicted molar refractivity (Wildman–Crippen MR) is 104 cm³/mol. The number of benzene rings is 2. The van der Waals surface area contributed by atoms with Crippen molar-refractivity contribution in [3.8, 4) is 0 Å². The molecule has 1 fully saturated rings. The highest BCUT2D eigenvalue weighted by molar-refractivity contribution is 5.93. The van der Waals surface area contributed by atoms with Crippen LogP contribution in [0.1, 0.15) is 11.1 Å². The third kappa shape index (κ3) is 4.51. The molecule has 3 N–H and O–H groups in total. The van der Waals surface area contributed by atoms with E-state index in [1.165, 1.54) is 11.3 Å². The molecule has 0 saturated carbocycles. The molecule has 0 radical (unpaired) electrons. The fraction of sp³-hybridized carbons (Fsp3) is 0.350. The number of carbonyl (C=O) groups excluding carboxylic acids is 1. The standard InChI is InChI=1S/C20H26N4O/c1-15-4-3-5-18(12-15)24-10-8-23(9-11-24)14-20(25)22-19-7-6-17(21)13-16(19)2/h3-7,12-13H,8-11,14,21H2,1-2H3,(H,22,25). The Morgan fingerprint density at radius 3 is 2.52 bits per heavy atom. The number of aryl methyl sites for hydroxylation is 2. The van der Waals surface area contributed by atoms with Gasteiger partial charge in [0.2, 0.25) is 5.91 Å². The van der Waals surface area contributed by atoms with Gasteiger partial charge >= 0.3 is 0 Å². The minimum absolute atomic E-state index is 0.0249. The van der Waals surface area contributed by atoms with E-state index in [4.69, 9.17) is 5.73 Å². The van der Waals surface area contributed by atoms with E-state index >= 15 is 0 Å². The maximum Gasteiger partial charge on any atom is 0.238 e. The molecule has 1 amide bonds. The molecule has 5 nitrogen and oxygen atoms in total. The zero-order chi connectivity index (χ0) is 17.8. The Labute approximate surface area is 149 Å². The minimum atomic E-state index is 0.0249. The van der Waals surface area contributed by atoms with Crippen molar-refractivity contribution in [1.29, 1.82) is 0 Å². The highest BCUT2D eigenvalue weighted by Gasteiger charge is 2.19. The largest absolute Gasteiger partial charge is 0.399 e. The highest BCUT2D eigenvalue weighted by atomic mass is 16.2. The van der Waals surface area contributed by atoms with Crippen LogP contribution in [0.2, 0.25) is 0 Å². The van der Waals surface area contributed by atoms with Crippen LogP contribution < -0.4 is 16.0 Å². The summed E-state index contributed by atoms with van der Waals surface area (Å²) in [6, 6.07) is 14.1. The molecular formula is C20H26N4O. The van der Waals surface area contributed by atoms with Crippen LogP contribution in [0.25, 0.3) is 0 Å². The van der Waals surface area contributed by atoms with E-state index in [9.17, 15) is 4.79 Å². The summed E-state index contributed by atoms with van der Waals surface area (Å²) in [5.74, 6) is 0.0249. The number of piperazine rings is 1. The van der Waals surface area contributed by atoms with Gasteiger partial charge in [0.25, 0.3) is 0 Å². The SMILES string of the molecule is Cc1cccc(N2CCN(CC(=O)Nc3ccc(N)cc3C)CC2)c1. The van der Waals surface area contributed by atoms with E-state index in [0.717, 1.165) is 37.4 Å². The molecule has 0 atom stereocenters. The maximum atomic E-state index is 12.3. The maximum absolute atomic E-state index is 12.3. The smallest absolute Gasteiger partial charge is 0.238 e. The van der Waals surface area contributed by atoms with Gasteiger partial charge in [-0.3, -0.25) is 9.69 Å². The van der Waals surface area contributed by atoms with Gasteiger partial charge in [-0.05, 0) is 55.3 Å². The lowest BCUT2D eigenvalue weighted by Crippen LogP contribution is -2.48. The van der Waals surface area contributed by atoms with E-state index in [2.05, 4.69) is 46.3 Å². The van der Waals surface area contributed by atoms with Gasteiger partial charge in [0.1, 0.15) is 0 Å². The Balaban J connectivity index is 1.51. The first-order valence-corrected chi connectivity index (χ1v) is 8.71. The van der Waals surface area contributed by atoms with Crippen molar-refractivity contribution < 1.29 is 4.79 Å². The summed E-state index contributed by atoms with van der Waals surface area (Å²) >= 11 is 0. The van der Waals surface area contributed by atoms with Crippen LogP contribution in [0, 0.1) is 13.8 Å². The molecule has 0 aromatic heterocycles. The van der Waals surface area contributed by atoms with Crippen LogP contribution in [0.15, 0.2) is 42.5 Å². The molecule has 1 aliphatic rings. The van der Waals surface area contributed by atoms with Crippen molar-refractivity contribution in [2.24, 2.45) is 0 Å². The summed E-state index contributed by atoms with van der Waals surface area (Å²) < 4.78 is 0. The first-order chi connectivity index (χ1) is 12.0. The van der Waals surface area contributed by atoms with Crippen LogP contribution in [0.3, 0.4) is 0 Å². The van der Waals surface area contributed by atoms with Crippen molar-refractivity contribution in [2.75, 3.05) is 48.7 Å². The summed E-state index contributed by atoms with van der Waals surface area (Å²) in [6.45, 7) is 8.15. The van der Waals surface area contributed by atoms with E-state index in [1.807, 2.05) is 25.1 Å². The van der Waals surface area contributed by atoms with Crippen LogP contribution in [0.5, 0.6) is 0 Å². The normalized spacial score (nSPS) is 15.2. The number of nitrogens with two attached hydrogens (primary N) is 1. The molecule has 3 rings (SSSR count). The van der Waals surface area contributed by atoms with Crippen molar-refractivity contribution in [2.45, 2.75) is 13.8 Å². The number of anilines is 3. The van der Waals surface area contributed by atoms with Crippen LogP contribution in [0.4, 0.5) is 17.1 Å². The van der Waals surface area contributed by atoms with Gasteiger partial charge in [-0.15, -0.1) is 0 Å². The highest BCUT2D eigenvalue weighted by Crippen LogP contribution is 2.19. The summed E-state index contributed by atoms with van der Waals surface area (Å²) in [5.41, 5.74) is 10.8. The first-order valence-electron chi connectivity index (χ1n) is 8.71. The fourth-order valence-electron chi connectivity index (χ4n) is 3.21. The minimum Gasteiger partial charge on any atom is -0.399 e. The van der Waals surface area contributed by atoms with E-state index in [-0.39, 0.29) is 5.91 Å². The van der Waals surface area contributed by atoms with E-state index in [1.54, 1.807) is 0 Å². The second kappa shape index (κ2) is 7.57. The number of carbonyl (C=O) groups is 1. The molecular weight excluding hydrogens is 312 g/mol. The number of nitrogen functional groups attached to an aromatic ring is 1. The molecule has 0 bridgehead atoms. The lowest BCUT2D eigenvalue weighted by atomic mass is 10.1. The molecule has 1 heterocycles. The van der Waals surface area contributed by atoms with Crippen LogP contribution in [-0.2, 0) is 4.79 Å². The van der Waals surface area contributed by atoms with Gasteiger partial charge in [-0.1, -0.05) is 12.1 Å². The molecule has 0 spiro atoms. The zero-order valence-electron chi connectivity index (χ0n) is 15.0. The second-order valence-corrected chi connectivity index (χ2v) is 6.72. The van der Waals surface area contributed by atoms with Crippen molar-refractivity contribution in [1.82, 2.24) is 4.90 Å². The van der Waals surface area contributed by atoms with Gasteiger partial charge in [0, 0.05) is 43.2 Å². The number of rotatable bonds is 4. The average molecular weight is 338 g/mol. The summed E-state index contributed by atoms with van der Waals surface area (Å²) in [6.07, 6.45) is 0. The molecule has 1 aliphatic heterocycles. The van der Waals surface area contributed by atoms with Crippen molar-refractivity contribution in [3.05, 3.63) is 53.6 Å². The van der Waals surface area contributed by atoms with E-state index < -0.39 is 0 Å². The molecule has 0 unspecified atom stereocenters. The lowest BCUT2D eigenvalue weighted by molar-refractivity contribution is -0.117. The van der Waals surface area contributed by atoms with E-state index in [0.29, 0.717) is 12.2 Å². The molecule has 0 aliphatic carbocycles. The van der Waals surface area contributed by atoms with Gasteiger partial charge < -0.3 is 16.0 Å². The van der Waals surface area contributed by atoms with Crippen molar-refractivity contribution in [3.63, 3.8) is 0 Å². The summed E-state index contributed by atoms with van der Waals surface area (Å²) in [4.78, 5) is 16.9. The molecule has 25 heavy (non-hydrogen) atoms. The Hall–Kier alpha value is -2.53. The predicted octanol–water partition coefficient (Wildman–Crippen LogP) is 2.65. The lowest BCUT2D eigenvalue weighted by Gasteiger charge is -2.35. The average Bonchev–Trinajstić information content (AvgIpc) is 2.58. The number of hydrogen-bond donors (Lipinski definition) is 2. The number of nitrogens with one attached hydrogen (secondary N) is 1. The molecule has 2 aromatic rings. The topological polar surface area (TPSA) is 61.6 Å². The van der Waals surface area contributed by atoms with Gasteiger partial charge in [-0.25, -0.2) is 0 Å². The van der Waals surface area contributed by atoms with Gasteiger partial charge in [-0.2, -0.15) is 0 Å². The van der Waals surface area contributed by atoms with Crippen LogP contribution in [-0.4, -0.2) is 43.5 Å². The fourth-order valence-corrected chi connectivity index (χ4v) is 3.21. The summed E-state index contributed by atoms with van der Waals surface area (Å²) in [7, 11) is 0. The van der Waals surface area contributed by atoms with Gasteiger partial charge in [0.15, 0.2) is 0 Å². The molecule has 5 heteroatoms.